The van der Waals surface area contributed by atoms with Crippen LogP contribution < -0.4 is 0 Å². The summed E-state index contributed by atoms with van der Waals surface area (Å²) in [6.07, 6.45) is 2.78. The first kappa shape index (κ1) is 14.4. The summed E-state index contributed by atoms with van der Waals surface area (Å²) in [6.45, 7) is 9.18. The van der Waals surface area contributed by atoms with Gasteiger partial charge < -0.3 is 10.0 Å². The molecule has 2 fully saturated rings. The van der Waals surface area contributed by atoms with Gasteiger partial charge >= 0.3 is 5.97 Å². The van der Waals surface area contributed by atoms with E-state index in [0.717, 1.165) is 25.8 Å². The van der Waals surface area contributed by atoms with Gasteiger partial charge in [0.25, 0.3) is 0 Å². The molecular weight excluding hydrogens is 242 g/mol. The molecule has 4 nitrogen and oxygen atoms in total. The van der Waals surface area contributed by atoms with Gasteiger partial charge in [0.1, 0.15) is 0 Å². The zero-order chi connectivity index (χ0) is 14.4. The van der Waals surface area contributed by atoms with E-state index in [-0.39, 0.29) is 23.2 Å². The van der Waals surface area contributed by atoms with Crippen LogP contribution in [0.15, 0.2) is 0 Å². The van der Waals surface area contributed by atoms with Crippen molar-refractivity contribution in [1.82, 2.24) is 4.90 Å². The van der Waals surface area contributed by atoms with Crippen LogP contribution in [0.1, 0.15) is 47.0 Å². The van der Waals surface area contributed by atoms with Crippen LogP contribution in [0.3, 0.4) is 0 Å². The Balaban J connectivity index is 2.02. The van der Waals surface area contributed by atoms with Gasteiger partial charge in [-0.1, -0.05) is 13.8 Å². The van der Waals surface area contributed by atoms with Crippen molar-refractivity contribution in [2.45, 2.75) is 47.0 Å². The molecule has 1 aliphatic heterocycles. The van der Waals surface area contributed by atoms with Gasteiger partial charge in [0.05, 0.1) is 5.41 Å². The molecule has 0 radical (unpaired) electrons. The average molecular weight is 267 g/mol. The second-order valence-electron chi connectivity index (χ2n) is 7.40. The maximum atomic E-state index is 12.4. The second kappa shape index (κ2) is 4.50. The smallest absolute Gasteiger partial charge is 0.309 e. The lowest BCUT2D eigenvalue weighted by molar-refractivity contribution is -0.153. The van der Waals surface area contributed by atoms with Gasteiger partial charge in [-0.25, -0.2) is 0 Å². The van der Waals surface area contributed by atoms with E-state index in [1.807, 2.05) is 4.90 Å². The number of nitrogens with zero attached hydrogens (tertiary/aromatic N) is 1. The van der Waals surface area contributed by atoms with E-state index in [1.165, 1.54) is 0 Å². The minimum absolute atomic E-state index is 0.0598. The molecule has 2 atom stereocenters. The Labute approximate surface area is 115 Å². The number of hydrogen-bond donors (Lipinski definition) is 1. The average Bonchev–Trinajstić information content (AvgIpc) is 2.97. The molecule has 2 unspecified atom stereocenters. The fraction of sp³-hybridized carbons (Fsp3) is 0.867. The topological polar surface area (TPSA) is 57.6 Å². The fourth-order valence-corrected chi connectivity index (χ4v) is 3.05. The summed E-state index contributed by atoms with van der Waals surface area (Å²) in [5.41, 5.74) is -0.607. The molecule has 1 N–H and O–H groups in total. The first-order valence-corrected chi connectivity index (χ1v) is 7.18. The van der Waals surface area contributed by atoms with E-state index in [9.17, 15) is 14.7 Å². The Hall–Kier alpha value is -1.06. The van der Waals surface area contributed by atoms with Crippen LogP contribution in [0.2, 0.25) is 0 Å². The Morgan fingerprint density at radius 2 is 1.89 bits per heavy atom. The van der Waals surface area contributed by atoms with Crippen LogP contribution >= 0.6 is 0 Å². The molecule has 0 spiro atoms. The van der Waals surface area contributed by atoms with E-state index in [1.54, 1.807) is 13.8 Å². The molecule has 1 saturated carbocycles. The molecule has 2 aliphatic rings. The maximum absolute atomic E-state index is 12.4. The van der Waals surface area contributed by atoms with Crippen LogP contribution in [0.5, 0.6) is 0 Å². The minimum atomic E-state index is -0.765. The molecule has 0 aromatic heterocycles. The molecule has 1 aliphatic carbocycles. The number of carbonyl (C=O) groups excluding carboxylic acids is 1. The van der Waals surface area contributed by atoms with Gasteiger partial charge in [0.15, 0.2) is 0 Å². The Morgan fingerprint density at radius 1 is 1.32 bits per heavy atom. The number of piperidine rings is 1. The van der Waals surface area contributed by atoms with Crippen LogP contribution in [-0.4, -0.2) is 35.0 Å². The highest BCUT2D eigenvalue weighted by Crippen LogP contribution is 2.52. The highest BCUT2D eigenvalue weighted by Gasteiger charge is 2.52. The van der Waals surface area contributed by atoms with Crippen LogP contribution in [0, 0.1) is 22.7 Å². The SMILES string of the molecule is CC1(C)CC1C(=O)N1CCCC(C(C)(C)C(=O)O)C1. The number of likely N-dealkylation sites (tertiary alicyclic amines) is 1. The molecule has 4 heteroatoms. The number of hydrogen-bond acceptors (Lipinski definition) is 2. The van der Waals surface area contributed by atoms with Crippen molar-refractivity contribution in [3.05, 3.63) is 0 Å². The third kappa shape index (κ3) is 2.63. The molecule has 0 bridgehead atoms. The number of carboxylic acids is 1. The van der Waals surface area contributed by atoms with E-state index < -0.39 is 11.4 Å². The minimum Gasteiger partial charge on any atom is -0.481 e. The van der Waals surface area contributed by atoms with Gasteiger partial charge in [0, 0.05) is 19.0 Å². The highest BCUT2D eigenvalue weighted by atomic mass is 16.4. The summed E-state index contributed by atoms with van der Waals surface area (Å²) < 4.78 is 0. The second-order valence-corrected chi connectivity index (χ2v) is 7.40. The summed E-state index contributed by atoms with van der Waals surface area (Å²) in [7, 11) is 0. The zero-order valence-corrected chi connectivity index (χ0v) is 12.4. The van der Waals surface area contributed by atoms with Crippen molar-refractivity contribution in [1.29, 1.82) is 0 Å². The Kier molecular flexibility index (Phi) is 3.40. The van der Waals surface area contributed by atoms with Crippen molar-refractivity contribution in [2.24, 2.45) is 22.7 Å². The lowest BCUT2D eigenvalue weighted by atomic mass is 9.74. The van der Waals surface area contributed by atoms with Crippen LogP contribution in [-0.2, 0) is 9.59 Å². The molecule has 0 aromatic rings. The lowest BCUT2D eigenvalue weighted by Gasteiger charge is -2.39. The van der Waals surface area contributed by atoms with Gasteiger partial charge in [-0.2, -0.15) is 0 Å². The van der Waals surface area contributed by atoms with Crippen molar-refractivity contribution >= 4 is 11.9 Å². The van der Waals surface area contributed by atoms with Gasteiger partial charge in [0.2, 0.25) is 5.91 Å². The van der Waals surface area contributed by atoms with E-state index in [4.69, 9.17) is 0 Å². The number of aliphatic carboxylic acids is 1. The number of amides is 1. The quantitative estimate of drug-likeness (QED) is 0.854. The molecular formula is C15H25NO3. The number of carboxylic acid groups (broad SMARTS) is 1. The van der Waals surface area contributed by atoms with Crippen molar-refractivity contribution in [3.63, 3.8) is 0 Å². The molecule has 1 heterocycles. The summed E-state index contributed by atoms with van der Waals surface area (Å²) in [4.78, 5) is 25.6. The first-order chi connectivity index (χ1) is 8.66. The predicted octanol–water partition coefficient (Wildman–Crippen LogP) is 2.38. The van der Waals surface area contributed by atoms with E-state index in [0.29, 0.717) is 6.54 Å². The molecule has 0 aromatic carbocycles. The van der Waals surface area contributed by atoms with E-state index >= 15 is 0 Å². The maximum Gasteiger partial charge on any atom is 0.309 e. The number of carbonyl (C=O) groups is 2. The Bertz CT molecular complexity index is 400. The van der Waals surface area contributed by atoms with Gasteiger partial charge in [-0.15, -0.1) is 0 Å². The third-order valence-corrected chi connectivity index (χ3v) is 5.12. The lowest BCUT2D eigenvalue weighted by Crippen LogP contribution is -2.47. The zero-order valence-electron chi connectivity index (χ0n) is 12.4. The molecule has 1 saturated heterocycles. The first-order valence-electron chi connectivity index (χ1n) is 7.18. The van der Waals surface area contributed by atoms with Crippen LogP contribution in [0.25, 0.3) is 0 Å². The molecule has 2 rings (SSSR count). The summed E-state index contributed by atoms with van der Waals surface area (Å²) in [6, 6.07) is 0. The normalized spacial score (nSPS) is 30.0. The summed E-state index contributed by atoms with van der Waals surface area (Å²) in [5, 5.41) is 9.32. The van der Waals surface area contributed by atoms with Gasteiger partial charge in [-0.3, -0.25) is 9.59 Å². The monoisotopic (exact) mass is 267 g/mol. The summed E-state index contributed by atoms with van der Waals surface area (Å²) in [5.74, 6) is -0.321. The van der Waals surface area contributed by atoms with Crippen LogP contribution in [0.4, 0.5) is 0 Å². The summed E-state index contributed by atoms with van der Waals surface area (Å²) >= 11 is 0. The standard InChI is InChI=1S/C15H25NO3/c1-14(2)8-11(14)12(17)16-7-5-6-10(9-16)15(3,4)13(18)19/h10-11H,5-9H2,1-4H3,(H,18,19). The molecule has 108 valence electrons. The third-order valence-electron chi connectivity index (χ3n) is 5.12. The van der Waals surface area contributed by atoms with Crippen molar-refractivity contribution in [3.8, 4) is 0 Å². The van der Waals surface area contributed by atoms with Crippen molar-refractivity contribution < 1.29 is 14.7 Å². The molecule has 19 heavy (non-hydrogen) atoms. The Morgan fingerprint density at radius 3 is 2.37 bits per heavy atom. The van der Waals surface area contributed by atoms with Crippen molar-refractivity contribution in [2.75, 3.05) is 13.1 Å². The fourth-order valence-electron chi connectivity index (χ4n) is 3.05. The predicted molar refractivity (Wildman–Crippen MR) is 72.6 cm³/mol. The largest absolute Gasteiger partial charge is 0.481 e. The van der Waals surface area contributed by atoms with Gasteiger partial charge in [-0.05, 0) is 44.4 Å². The van der Waals surface area contributed by atoms with E-state index in [2.05, 4.69) is 13.8 Å². The number of rotatable bonds is 3. The highest BCUT2D eigenvalue weighted by molar-refractivity contribution is 5.82. The molecule has 1 amide bonds.